The van der Waals surface area contributed by atoms with Gasteiger partial charge in [0.25, 0.3) is 11.8 Å². The standard InChI is InChI=1S/C22H32N2O5/c1-14(15-8-5-4-6-9-15)23-21(25)16-12-17(20(28-3)19(13-16)27-2)24-22(26)18-10-7-11-29-18/h12-15,18H,4-11H2,1-3H3,(H,23,25)(H,24,26)/t14-,18-/m1/s1. The zero-order valence-corrected chi connectivity index (χ0v) is 17.6. The quantitative estimate of drug-likeness (QED) is 0.726. The van der Waals surface area contributed by atoms with Gasteiger partial charge in [-0.05, 0) is 50.7 Å². The smallest absolute Gasteiger partial charge is 0.253 e. The largest absolute Gasteiger partial charge is 0.493 e. The highest BCUT2D eigenvalue weighted by molar-refractivity contribution is 6.00. The Kier molecular flexibility index (Phi) is 7.36. The minimum absolute atomic E-state index is 0.0980. The van der Waals surface area contributed by atoms with E-state index in [-0.39, 0.29) is 17.9 Å². The first-order valence-electron chi connectivity index (χ1n) is 10.5. The molecule has 1 saturated carbocycles. The van der Waals surface area contributed by atoms with Gasteiger partial charge in [-0.15, -0.1) is 0 Å². The summed E-state index contributed by atoms with van der Waals surface area (Å²) in [6.45, 7) is 2.65. The Morgan fingerprint density at radius 3 is 2.45 bits per heavy atom. The van der Waals surface area contributed by atoms with Gasteiger partial charge in [-0.25, -0.2) is 0 Å². The first kappa shape index (κ1) is 21.4. The van der Waals surface area contributed by atoms with Crippen LogP contribution in [0.1, 0.15) is 62.2 Å². The second-order valence-electron chi connectivity index (χ2n) is 7.91. The van der Waals surface area contributed by atoms with Gasteiger partial charge in [-0.3, -0.25) is 9.59 Å². The summed E-state index contributed by atoms with van der Waals surface area (Å²) in [5.74, 6) is 0.864. The molecule has 7 nitrogen and oxygen atoms in total. The second kappa shape index (κ2) is 9.96. The molecule has 0 aromatic heterocycles. The lowest BCUT2D eigenvalue weighted by molar-refractivity contribution is -0.124. The van der Waals surface area contributed by atoms with Crippen LogP contribution in [0.5, 0.6) is 11.5 Å². The van der Waals surface area contributed by atoms with Crippen LogP contribution in [0.2, 0.25) is 0 Å². The van der Waals surface area contributed by atoms with Crippen LogP contribution in [0.3, 0.4) is 0 Å². The van der Waals surface area contributed by atoms with E-state index in [0.29, 0.717) is 41.7 Å². The monoisotopic (exact) mass is 404 g/mol. The summed E-state index contributed by atoms with van der Waals surface area (Å²) in [5.41, 5.74) is 0.829. The lowest BCUT2D eigenvalue weighted by Gasteiger charge is -2.28. The van der Waals surface area contributed by atoms with Gasteiger partial charge in [0.1, 0.15) is 6.10 Å². The molecule has 2 N–H and O–H groups in total. The molecule has 3 rings (SSSR count). The molecule has 2 atom stereocenters. The van der Waals surface area contributed by atoms with Crippen LogP contribution in [0, 0.1) is 5.92 Å². The van der Waals surface area contributed by atoms with Gasteiger partial charge in [-0.1, -0.05) is 19.3 Å². The predicted octanol–water partition coefficient (Wildman–Crippen LogP) is 3.52. The maximum atomic E-state index is 12.9. The van der Waals surface area contributed by atoms with Crippen molar-refractivity contribution < 1.29 is 23.8 Å². The van der Waals surface area contributed by atoms with Crippen molar-refractivity contribution >= 4 is 17.5 Å². The van der Waals surface area contributed by atoms with E-state index in [4.69, 9.17) is 14.2 Å². The van der Waals surface area contributed by atoms with Gasteiger partial charge in [0.2, 0.25) is 0 Å². The molecule has 160 valence electrons. The Morgan fingerprint density at radius 1 is 1.07 bits per heavy atom. The minimum Gasteiger partial charge on any atom is -0.493 e. The molecule has 7 heteroatoms. The van der Waals surface area contributed by atoms with E-state index in [1.807, 2.05) is 0 Å². The molecule has 0 radical (unpaired) electrons. The van der Waals surface area contributed by atoms with Crippen molar-refractivity contribution in [2.75, 3.05) is 26.1 Å². The van der Waals surface area contributed by atoms with Crippen LogP contribution >= 0.6 is 0 Å². The number of ether oxygens (including phenoxy) is 3. The molecule has 1 aliphatic heterocycles. The highest BCUT2D eigenvalue weighted by atomic mass is 16.5. The van der Waals surface area contributed by atoms with Crippen molar-refractivity contribution in [1.82, 2.24) is 5.32 Å². The molecular formula is C22H32N2O5. The molecule has 1 heterocycles. The van der Waals surface area contributed by atoms with Gasteiger partial charge in [0, 0.05) is 18.2 Å². The van der Waals surface area contributed by atoms with E-state index >= 15 is 0 Å². The Bertz CT molecular complexity index is 724. The third-order valence-electron chi connectivity index (χ3n) is 5.94. The first-order chi connectivity index (χ1) is 14.0. The Balaban J connectivity index is 1.78. The second-order valence-corrected chi connectivity index (χ2v) is 7.91. The SMILES string of the molecule is COc1cc(C(=O)N[C@H](C)C2CCCCC2)cc(NC(=O)[C@H]2CCCO2)c1OC. The van der Waals surface area contributed by atoms with Crippen molar-refractivity contribution in [2.24, 2.45) is 5.92 Å². The number of nitrogens with one attached hydrogen (secondary N) is 2. The maximum absolute atomic E-state index is 12.9. The van der Waals surface area contributed by atoms with Crippen LogP contribution < -0.4 is 20.1 Å². The van der Waals surface area contributed by atoms with Gasteiger partial charge >= 0.3 is 0 Å². The summed E-state index contributed by atoms with van der Waals surface area (Å²) < 4.78 is 16.3. The van der Waals surface area contributed by atoms with E-state index in [1.54, 1.807) is 12.1 Å². The number of hydrogen-bond donors (Lipinski definition) is 2. The zero-order valence-electron chi connectivity index (χ0n) is 17.6. The molecule has 0 spiro atoms. The molecular weight excluding hydrogens is 372 g/mol. The summed E-state index contributed by atoms with van der Waals surface area (Å²) >= 11 is 0. The average Bonchev–Trinajstić information content (AvgIpc) is 3.28. The fourth-order valence-corrected chi connectivity index (χ4v) is 4.23. The van der Waals surface area contributed by atoms with E-state index in [1.165, 1.54) is 33.5 Å². The molecule has 1 aromatic rings. The van der Waals surface area contributed by atoms with Crippen LogP contribution in [0.25, 0.3) is 0 Å². The number of anilines is 1. The molecule has 2 aliphatic rings. The Labute approximate surface area is 172 Å². The predicted molar refractivity (Wildman–Crippen MR) is 111 cm³/mol. The minimum atomic E-state index is -0.477. The third kappa shape index (κ3) is 5.21. The number of hydrogen-bond acceptors (Lipinski definition) is 5. The Hall–Kier alpha value is -2.28. The molecule has 29 heavy (non-hydrogen) atoms. The Morgan fingerprint density at radius 2 is 1.83 bits per heavy atom. The van der Waals surface area contributed by atoms with Crippen LogP contribution in [0.4, 0.5) is 5.69 Å². The fraction of sp³-hybridized carbons (Fsp3) is 0.636. The third-order valence-corrected chi connectivity index (χ3v) is 5.94. The molecule has 2 fully saturated rings. The van der Waals surface area contributed by atoms with Crippen LogP contribution in [-0.2, 0) is 9.53 Å². The van der Waals surface area contributed by atoms with Crippen molar-refractivity contribution in [3.8, 4) is 11.5 Å². The normalized spacial score (nSPS) is 20.7. The maximum Gasteiger partial charge on any atom is 0.253 e. The summed E-state index contributed by atoms with van der Waals surface area (Å²) in [6, 6.07) is 3.38. The van der Waals surface area contributed by atoms with Gasteiger partial charge in [-0.2, -0.15) is 0 Å². The topological polar surface area (TPSA) is 85.9 Å². The number of methoxy groups -OCH3 is 2. The summed E-state index contributed by atoms with van der Waals surface area (Å²) in [7, 11) is 3.01. The van der Waals surface area contributed by atoms with Crippen molar-refractivity contribution in [3.05, 3.63) is 17.7 Å². The molecule has 1 aromatic carbocycles. The number of rotatable bonds is 7. The lowest BCUT2D eigenvalue weighted by atomic mass is 9.84. The molecule has 0 unspecified atom stereocenters. The molecule has 2 amide bonds. The number of amides is 2. The number of carbonyl (C=O) groups is 2. The molecule has 1 aliphatic carbocycles. The van der Waals surface area contributed by atoms with Gasteiger partial charge in [0.15, 0.2) is 11.5 Å². The van der Waals surface area contributed by atoms with Crippen molar-refractivity contribution in [2.45, 2.75) is 64.0 Å². The summed E-state index contributed by atoms with van der Waals surface area (Å²) in [5, 5.41) is 5.96. The van der Waals surface area contributed by atoms with Crippen LogP contribution in [0.15, 0.2) is 12.1 Å². The van der Waals surface area contributed by atoms with Crippen LogP contribution in [-0.4, -0.2) is 44.8 Å². The highest BCUT2D eigenvalue weighted by Gasteiger charge is 2.27. The van der Waals surface area contributed by atoms with Crippen molar-refractivity contribution in [3.63, 3.8) is 0 Å². The van der Waals surface area contributed by atoms with Gasteiger partial charge < -0.3 is 24.8 Å². The lowest BCUT2D eigenvalue weighted by Crippen LogP contribution is -2.39. The highest BCUT2D eigenvalue weighted by Crippen LogP contribution is 2.37. The zero-order chi connectivity index (χ0) is 20.8. The van der Waals surface area contributed by atoms with Gasteiger partial charge in [0.05, 0.1) is 19.9 Å². The number of benzene rings is 1. The first-order valence-corrected chi connectivity index (χ1v) is 10.5. The average molecular weight is 405 g/mol. The summed E-state index contributed by atoms with van der Waals surface area (Å²) in [4.78, 5) is 25.4. The summed E-state index contributed by atoms with van der Waals surface area (Å²) in [6.07, 6.45) is 7.09. The van der Waals surface area contributed by atoms with E-state index < -0.39 is 6.10 Å². The van der Waals surface area contributed by atoms with Crippen molar-refractivity contribution in [1.29, 1.82) is 0 Å². The molecule has 0 bridgehead atoms. The number of carbonyl (C=O) groups excluding carboxylic acids is 2. The van der Waals surface area contributed by atoms with E-state index in [2.05, 4.69) is 17.6 Å². The molecule has 1 saturated heterocycles. The van der Waals surface area contributed by atoms with E-state index in [0.717, 1.165) is 19.3 Å². The van der Waals surface area contributed by atoms with E-state index in [9.17, 15) is 9.59 Å². The fourth-order valence-electron chi connectivity index (χ4n) is 4.23.